The molecule has 0 bridgehead atoms. The van der Waals surface area contributed by atoms with Gasteiger partial charge in [-0.15, -0.1) is 0 Å². The van der Waals surface area contributed by atoms with Gasteiger partial charge in [0.05, 0.1) is 47.1 Å². The highest BCUT2D eigenvalue weighted by Gasteiger charge is 2.41. The Morgan fingerprint density at radius 2 is 1.91 bits per heavy atom. The Kier molecular flexibility index (Phi) is 6.32. The van der Waals surface area contributed by atoms with E-state index >= 15 is 0 Å². The Morgan fingerprint density at radius 3 is 2.64 bits per heavy atom. The first kappa shape index (κ1) is 27.8. The maximum Gasteiger partial charge on any atom is 0.255 e. The zero-order valence-corrected chi connectivity index (χ0v) is 24.5. The first-order valence-corrected chi connectivity index (χ1v) is 15.4. The Labute approximate surface area is 251 Å². The molecule has 5 heterocycles. The number of fused-ring (bicyclic) bond motifs is 6. The number of amides is 1. The number of nitrogens with one attached hydrogen (secondary N) is 1. The molecule has 2 aromatic heterocycles. The molecule has 44 heavy (non-hydrogen) atoms. The SMILES string of the molecule is CNC(=O)c1c(-c2ccc(F)cc2)oc2cc(N(C)S(C)(=O)=O)c(-c3ccc4c(n3)C3=CC5C(F)=CN=CC5N3CO4)cc12. The number of anilines is 1. The van der Waals surface area contributed by atoms with Crippen LogP contribution in [0.3, 0.4) is 0 Å². The van der Waals surface area contributed by atoms with E-state index in [1.54, 1.807) is 30.5 Å². The molecule has 0 fully saturated rings. The second kappa shape index (κ2) is 10.0. The summed E-state index contributed by atoms with van der Waals surface area (Å²) in [5.41, 5.74) is 3.06. The number of hydrogen-bond acceptors (Lipinski definition) is 8. The number of ether oxygens (including phenoxy) is 1. The van der Waals surface area contributed by atoms with Crippen LogP contribution in [0, 0.1) is 11.7 Å². The van der Waals surface area contributed by atoms with E-state index in [-0.39, 0.29) is 41.2 Å². The molecule has 0 radical (unpaired) electrons. The number of carbonyl (C=O) groups is 1. The van der Waals surface area contributed by atoms with E-state index in [4.69, 9.17) is 14.1 Å². The van der Waals surface area contributed by atoms with Crippen molar-refractivity contribution in [1.29, 1.82) is 0 Å². The van der Waals surface area contributed by atoms with Crippen molar-refractivity contribution in [2.24, 2.45) is 10.9 Å². The highest BCUT2D eigenvalue weighted by atomic mass is 32.2. The lowest BCUT2D eigenvalue weighted by Crippen LogP contribution is -2.40. The number of hydrogen-bond donors (Lipinski definition) is 1. The summed E-state index contributed by atoms with van der Waals surface area (Å²) < 4.78 is 67.1. The van der Waals surface area contributed by atoms with E-state index in [9.17, 15) is 22.0 Å². The summed E-state index contributed by atoms with van der Waals surface area (Å²) in [4.78, 5) is 24.0. The average molecular weight is 618 g/mol. The summed E-state index contributed by atoms with van der Waals surface area (Å²) >= 11 is 0. The van der Waals surface area contributed by atoms with Crippen molar-refractivity contribution in [3.05, 3.63) is 83.7 Å². The molecule has 2 atom stereocenters. The van der Waals surface area contributed by atoms with Crippen LogP contribution in [0.4, 0.5) is 14.5 Å². The van der Waals surface area contributed by atoms with E-state index in [0.29, 0.717) is 39.3 Å². The molecule has 4 aromatic rings. The van der Waals surface area contributed by atoms with Crippen molar-refractivity contribution in [2.45, 2.75) is 6.04 Å². The molecule has 0 saturated heterocycles. The Balaban J connectivity index is 1.45. The third kappa shape index (κ3) is 4.34. The van der Waals surface area contributed by atoms with Crippen LogP contribution >= 0.6 is 0 Å². The summed E-state index contributed by atoms with van der Waals surface area (Å²) in [7, 11) is -0.863. The van der Waals surface area contributed by atoms with Crippen LogP contribution in [0.5, 0.6) is 5.75 Å². The standard InChI is InChI=1S/C31H25F2N5O5S/c1-34-31(39)28-20-10-19(23(37(2)44(3,40)41)12-27(20)43-30(28)16-4-6-17(32)7-5-16)22-8-9-26-29(36-22)24-11-18-21(33)13-35-14-25(18)38(24)15-42-26/h4-14,18,25H,15H2,1-3H3,(H,34,39). The second-order valence-corrected chi connectivity index (χ2v) is 12.7. The van der Waals surface area contributed by atoms with Crippen molar-refractivity contribution in [3.63, 3.8) is 0 Å². The quantitative estimate of drug-likeness (QED) is 0.337. The van der Waals surface area contributed by atoms with E-state index < -0.39 is 27.7 Å². The van der Waals surface area contributed by atoms with Crippen LogP contribution in [-0.2, 0) is 10.0 Å². The number of rotatable bonds is 5. The highest BCUT2D eigenvalue weighted by Crippen LogP contribution is 2.45. The zero-order valence-electron chi connectivity index (χ0n) is 23.7. The van der Waals surface area contributed by atoms with Crippen LogP contribution in [0.25, 0.3) is 39.2 Å². The lowest BCUT2D eigenvalue weighted by molar-refractivity contribution is 0.0964. The molecule has 2 aromatic carbocycles. The lowest BCUT2D eigenvalue weighted by Gasteiger charge is -2.34. The van der Waals surface area contributed by atoms with Gasteiger partial charge >= 0.3 is 0 Å². The molecule has 2 unspecified atom stereocenters. The molecule has 0 spiro atoms. The predicted octanol–water partition coefficient (Wildman–Crippen LogP) is 4.94. The smallest absolute Gasteiger partial charge is 0.255 e. The third-order valence-electron chi connectivity index (χ3n) is 8.07. The second-order valence-electron chi connectivity index (χ2n) is 10.7. The fourth-order valence-electron chi connectivity index (χ4n) is 5.76. The first-order valence-electron chi connectivity index (χ1n) is 13.6. The number of aliphatic imine (C=N–C) groups is 1. The van der Waals surface area contributed by atoms with Gasteiger partial charge in [0.25, 0.3) is 5.91 Å². The number of pyridine rings is 1. The van der Waals surface area contributed by atoms with Gasteiger partial charge in [-0.3, -0.25) is 14.1 Å². The van der Waals surface area contributed by atoms with E-state index in [1.807, 2.05) is 4.90 Å². The minimum Gasteiger partial charge on any atom is -0.471 e. The Morgan fingerprint density at radius 1 is 1.14 bits per heavy atom. The van der Waals surface area contributed by atoms with Crippen LogP contribution < -0.4 is 14.4 Å². The fraction of sp³-hybridized carbons (Fsp3) is 0.194. The summed E-state index contributed by atoms with van der Waals surface area (Å²) in [5, 5.41) is 3.03. The molecule has 10 nitrogen and oxygen atoms in total. The topological polar surface area (TPSA) is 117 Å². The van der Waals surface area contributed by atoms with Gasteiger partial charge in [-0.25, -0.2) is 22.2 Å². The number of furan rings is 1. The summed E-state index contributed by atoms with van der Waals surface area (Å²) in [6.45, 7) is 0.186. The molecular weight excluding hydrogens is 592 g/mol. The van der Waals surface area contributed by atoms with Gasteiger partial charge in [0, 0.05) is 42.9 Å². The number of sulfonamides is 1. The lowest BCUT2D eigenvalue weighted by atomic mass is 10.00. The van der Waals surface area contributed by atoms with Gasteiger partial charge in [0.1, 0.15) is 34.4 Å². The predicted molar refractivity (Wildman–Crippen MR) is 162 cm³/mol. The van der Waals surface area contributed by atoms with E-state index in [2.05, 4.69) is 10.3 Å². The van der Waals surface area contributed by atoms with Crippen molar-refractivity contribution in [3.8, 4) is 28.3 Å². The molecule has 224 valence electrons. The zero-order chi connectivity index (χ0) is 30.9. The summed E-state index contributed by atoms with van der Waals surface area (Å²) in [6, 6.07) is 11.8. The number of carbonyl (C=O) groups excluding carboxylic acids is 1. The molecule has 3 aliphatic rings. The van der Waals surface area contributed by atoms with Crippen molar-refractivity contribution in [2.75, 3.05) is 31.4 Å². The van der Waals surface area contributed by atoms with Crippen LogP contribution in [0.2, 0.25) is 0 Å². The molecule has 3 aliphatic heterocycles. The number of aromatic nitrogens is 1. The van der Waals surface area contributed by atoms with Crippen LogP contribution in [0.15, 0.2) is 76.0 Å². The fourth-order valence-corrected chi connectivity index (χ4v) is 6.27. The molecular formula is C31H25F2N5O5S. The van der Waals surface area contributed by atoms with E-state index in [1.165, 1.54) is 50.6 Å². The minimum atomic E-state index is -3.75. The Hall–Kier alpha value is -5.04. The van der Waals surface area contributed by atoms with Gasteiger partial charge in [0.15, 0.2) is 6.73 Å². The van der Waals surface area contributed by atoms with Gasteiger partial charge in [-0.05, 0) is 48.5 Å². The number of benzene rings is 2. The minimum absolute atomic E-state index is 0.186. The first-order chi connectivity index (χ1) is 21.0. The third-order valence-corrected chi connectivity index (χ3v) is 9.26. The van der Waals surface area contributed by atoms with Gasteiger partial charge < -0.3 is 19.4 Å². The average Bonchev–Trinajstić information content (AvgIpc) is 3.59. The monoisotopic (exact) mass is 617 g/mol. The van der Waals surface area contributed by atoms with Crippen LogP contribution in [-0.4, -0.2) is 63.5 Å². The van der Waals surface area contributed by atoms with Crippen molar-refractivity contribution in [1.82, 2.24) is 15.2 Å². The highest BCUT2D eigenvalue weighted by molar-refractivity contribution is 7.92. The summed E-state index contributed by atoms with van der Waals surface area (Å²) in [6.07, 6.45) is 5.73. The van der Waals surface area contributed by atoms with Gasteiger partial charge in [0.2, 0.25) is 10.0 Å². The van der Waals surface area contributed by atoms with E-state index in [0.717, 1.165) is 10.6 Å². The number of nitrogens with zero attached hydrogens (tertiary/aromatic N) is 4. The van der Waals surface area contributed by atoms with Gasteiger partial charge in [-0.1, -0.05) is 0 Å². The van der Waals surface area contributed by atoms with Crippen LogP contribution in [0.1, 0.15) is 16.1 Å². The molecule has 0 aliphatic carbocycles. The van der Waals surface area contributed by atoms with Gasteiger partial charge in [-0.2, -0.15) is 0 Å². The maximum atomic E-state index is 14.7. The largest absolute Gasteiger partial charge is 0.471 e. The molecule has 7 rings (SSSR count). The Bertz CT molecular complexity index is 2070. The summed E-state index contributed by atoms with van der Waals surface area (Å²) in [5.74, 6) is -1.11. The number of halogens is 2. The molecule has 1 N–H and O–H groups in total. The maximum absolute atomic E-state index is 14.7. The van der Waals surface area contributed by atoms with Crippen molar-refractivity contribution < 1.29 is 31.1 Å². The normalized spacial score (nSPS) is 18.6. The van der Waals surface area contributed by atoms with Crippen molar-refractivity contribution >= 4 is 44.5 Å². The molecule has 1 amide bonds. The molecule has 13 heteroatoms. The molecule has 0 saturated carbocycles.